The first-order valence-electron chi connectivity index (χ1n) is 10.3. The van der Waals surface area contributed by atoms with Gasteiger partial charge in [-0.3, -0.25) is 9.36 Å². The second kappa shape index (κ2) is 7.51. The number of hydrogen-bond donors (Lipinski definition) is 0. The average molecular weight is 441 g/mol. The minimum atomic E-state index is -0.334. The molecule has 1 aliphatic heterocycles. The Morgan fingerprint density at radius 3 is 2.80 bits per heavy atom. The summed E-state index contributed by atoms with van der Waals surface area (Å²) in [6.07, 6.45) is 2.87. The molecule has 156 valence electrons. The van der Waals surface area contributed by atoms with Crippen LogP contribution in [0.3, 0.4) is 0 Å². The van der Waals surface area contributed by atoms with Gasteiger partial charge >= 0.3 is 0 Å². The number of hydrogen-bond acceptors (Lipinski definition) is 6. The van der Waals surface area contributed by atoms with Crippen LogP contribution < -0.4 is 5.43 Å². The van der Waals surface area contributed by atoms with E-state index in [1.54, 1.807) is 23.1 Å². The summed E-state index contributed by atoms with van der Waals surface area (Å²) in [5, 5.41) is 9.79. The van der Waals surface area contributed by atoms with Gasteiger partial charge in [0.25, 0.3) is 0 Å². The van der Waals surface area contributed by atoms with Crippen molar-refractivity contribution in [1.29, 1.82) is 0 Å². The van der Waals surface area contributed by atoms with E-state index in [0.717, 1.165) is 44.7 Å². The molecule has 1 aliphatic rings. The van der Waals surface area contributed by atoms with Crippen molar-refractivity contribution in [2.24, 2.45) is 0 Å². The van der Waals surface area contributed by atoms with Gasteiger partial charge in [0.15, 0.2) is 5.16 Å². The third kappa shape index (κ3) is 3.18. The molecular weight excluding hydrogens is 416 g/mol. The summed E-state index contributed by atoms with van der Waals surface area (Å²) in [6, 6.07) is 9.95. The predicted octanol–water partition coefficient (Wildman–Crippen LogP) is 4.84. The molecule has 0 fully saturated rings. The average Bonchev–Trinajstić information content (AvgIpc) is 3.28. The van der Waals surface area contributed by atoms with Gasteiger partial charge in [-0.05, 0) is 32.4 Å². The van der Waals surface area contributed by atoms with Crippen molar-refractivity contribution in [3.8, 4) is 5.69 Å². The van der Waals surface area contributed by atoms with E-state index in [9.17, 15) is 4.79 Å². The molecule has 0 atom stereocenters. The van der Waals surface area contributed by atoms with Gasteiger partial charge in [-0.15, -0.1) is 21.5 Å². The van der Waals surface area contributed by atoms with Gasteiger partial charge < -0.3 is 4.74 Å². The highest BCUT2D eigenvalue weighted by molar-refractivity contribution is 7.99. The quantitative estimate of drug-likeness (QED) is 0.328. The van der Waals surface area contributed by atoms with E-state index in [1.807, 2.05) is 48.7 Å². The van der Waals surface area contributed by atoms with Gasteiger partial charge in [0.1, 0.15) is 10.3 Å². The van der Waals surface area contributed by atoms with E-state index in [1.165, 1.54) is 0 Å². The van der Waals surface area contributed by atoms with Gasteiger partial charge in [-0.1, -0.05) is 43.3 Å². The van der Waals surface area contributed by atoms with Gasteiger partial charge in [0.05, 0.1) is 12.2 Å². The number of nitrogens with zero attached hydrogens (tertiary/aromatic N) is 4. The number of para-hydroxylation sites is 1. The number of imidazole rings is 1. The molecule has 4 aromatic rings. The van der Waals surface area contributed by atoms with E-state index in [-0.39, 0.29) is 11.0 Å². The standard InChI is InChI=1S/C22H24N4O2S2/c1-4-5-11-29-21-24-23-20-25(14-9-7-6-8-10-14)17-18(27)15-12-22(2,3)28-13-16(15)30-19(17)26(20)21/h6-10H,4-5,11-13H2,1-3H3. The Kier molecular flexibility index (Phi) is 4.95. The Bertz CT molecular complexity index is 1290. The van der Waals surface area contributed by atoms with Crippen molar-refractivity contribution < 1.29 is 4.74 Å². The Hall–Kier alpha value is -2.16. The third-order valence-corrected chi connectivity index (χ3v) is 7.63. The molecule has 0 amide bonds. The molecule has 5 rings (SSSR count). The molecule has 0 radical (unpaired) electrons. The topological polar surface area (TPSA) is 61.4 Å². The molecule has 1 aromatic carbocycles. The molecule has 0 saturated heterocycles. The first kappa shape index (κ1) is 19.8. The number of thioether (sulfide) groups is 1. The molecule has 0 unspecified atom stereocenters. The van der Waals surface area contributed by atoms with Crippen molar-refractivity contribution in [3.63, 3.8) is 0 Å². The second-order valence-corrected chi connectivity index (χ2v) is 10.3. The summed E-state index contributed by atoms with van der Waals surface area (Å²) in [6.45, 7) is 6.73. The number of aromatic nitrogens is 4. The summed E-state index contributed by atoms with van der Waals surface area (Å²) in [7, 11) is 0. The highest BCUT2D eigenvalue weighted by Crippen LogP contribution is 2.35. The zero-order chi connectivity index (χ0) is 20.9. The van der Waals surface area contributed by atoms with Gasteiger partial charge in [-0.25, -0.2) is 4.40 Å². The molecule has 0 bridgehead atoms. The number of ether oxygens (including phenoxy) is 1. The number of unbranched alkanes of at least 4 members (excludes halogenated alkanes) is 1. The minimum absolute atomic E-state index is 0.0778. The maximum atomic E-state index is 13.8. The van der Waals surface area contributed by atoms with E-state index < -0.39 is 0 Å². The number of benzene rings is 1. The van der Waals surface area contributed by atoms with E-state index >= 15 is 0 Å². The lowest BCUT2D eigenvalue weighted by Gasteiger charge is -2.30. The van der Waals surface area contributed by atoms with Crippen LogP contribution in [0.5, 0.6) is 0 Å². The van der Waals surface area contributed by atoms with Crippen LogP contribution in [0.4, 0.5) is 0 Å². The molecule has 4 heterocycles. The fourth-order valence-electron chi connectivity index (χ4n) is 3.88. The fraction of sp³-hybridized carbons (Fsp3) is 0.409. The maximum absolute atomic E-state index is 13.8. The first-order valence-corrected chi connectivity index (χ1v) is 12.1. The van der Waals surface area contributed by atoms with Crippen molar-refractivity contribution in [3.05, 3.63) is 51.0 Å². The van der Waals surface area contributed by atoms with Crippen LogP contribution in [-0.4, -0.2) is 30.5 Å². The summed E-state index contributed by atoms with van der Waals surface area (Å²) >= 11 is 3.33. The first-order chi connectivity index (χ1) is 14.5. The Morgan fingerprint density at radius 1 is 1.23 bits per heavy atom. The molecule has 6 nitrogen and oxygen atoms in total. The van der Waals surface area contributed by atoms with Crippen molar-refractivity contribution >= 4 is 39.2 Å². The van der Waals surface area contributed by atoms with Crippen LogP contribution in [-0.2, 0) is 17.8 Å². The number of rotatable bonds is 5. The molecule has 30 heavy (non-hydrogen) atoms. The van der Waals surface area contributed by atoms with Crippen molar-refractivity contribution in [1.82, 2.24) is 19.2 Å². The predicted molar refractivity (Wildman–Crippen MR) is 122 cm³/mol. The summed E-state index contributed by atoms with van der Waals surface area (Å²) in [5.41, 5.74) is 2.22. The summed E-state index contributed by atoms with van der Waals surface area (Å²) in [4.78, 5) is 15.7. The minimum Gasteiger partial charge on any atom is -0.370 e. The maximum Gasteiger partial charge on any atom is 0.242 e. The normalized spacial score (nSPS) is 15.7. The lowest BCUT2D eigenvalue weighted by molar-refractivity contribution is -0.0386. The smallest absolute Gasteiger partial charge is 0.242 e. The third-order valence-electron chi connectivity index (χ3n) is 5.43. The van der Waals surface area contributed by atoms with E-state index in [2.05, 4.69) is 21.5 Å². The highest BCUT2D eigenvalue weighted by atomic mass is 32.2. The fourth-order valence-corrected chi connectivity index (χ4v) is 6.14. The van der Waals surface area contributed by atoms with Crippen LogP contribution in [0.25, 0.3) is 21.8 Å². The highest BCUT2D eigenvalue weighted by Gasteiger charge is 2.32. The lowest BCUT2D eigenvalue weighted by atomic mass is 9.95. The Labute approximate surface area is 182 Å². The number of fused-ring (bicyclic) bond motifs is 4. The Balaban J connectivity index is 1.83. The molecule has 0 spiro atoms. The van der Waals surface area contributed by atoms with Crippen LogP contribution in [0.15, 0.2) is 40.3 Å². The van der Waals surface area contributed by atoms with Crippen LogP contribution in [0, 0.1) is 0 Å². The van der Waals surface area contributed by atoms with Gasteiger partial charge in [0.2, 0.25) is 11.2 Å². The summed E-state index contributed by atoms with van der Waals surface area (Å²) < 4.78 is 10.0. The Morgan fingerprint density at radius 2 is 2.03 bits per heavy atom. The summed E-state index contributed by atoms with van der Waals surface area (Å²) in [5.74, 6) is 1.66. The molecule has 3 aromatic heterocycles. The van der Waals surface area contributed by atoms with Crippen molar-refractivity contribution in [2.75, 3.05) is 5.75 Å². The second-order valence-electron chi connectivity index (χ2n) is 8.20. The van der Waals surface area contributed by atoms with Gasteiger partial charge in [0, 0.05) is 28.3 Å². The molecule has 0 saturated carbocycles. The molecule has 0 aliphatic carbocycles. The zero-order valence-corrected chi connectivity index (χ0v) is 19.0. The zero-order valence-electron chi connectivity index (χ0n) is 17.3. The van der Waals surface area contributed by atoms with Gasteiger partial charge in [-0.2, -0.15) is 0 Å². The van der Waals surface area contributed by atoms with Crippen LogP contribution >= 0.6 is 23.1 Å². The van der Waals surface area contributed by atoms with E-state index in [4.69, 9.17) is 4.74 Å². The van der Waals surface area contributed by atoms with Crippen molar-refractivity contribution in [2.45, 2.75) is 57.4 Å². The molecule has 0 N–H and O–H groups in total. The van der Waals surface area contributed by atoms with E-state index in [0.29, 0.717) is 24.3 Å². The molecular formula is C22H24N4O2S2. The monoisotopic (exact) mass is 440 g/mol. The SMILES string of the molecule is CCCCSc1nnc2n(-c3ccccc3)c3c(=O)c4c(sc3n12)COC(C)(C)C4. The molecule has 8 heteroatoms. The van der Waals surface area contributed by atoms with Crippen LogP contribution in [0.2, 0.25) is 0 Å². The lowest BCUT2D eigenvalue weighted by Crippen LogP contribution is -2.35. The largest absolute Gasteiger partial charge is 0.370 e. The van der Waals surface area contributed by atoms with Crippen LogP contribution in [0.1, 0.15) is 44.1 Å².